The van der Waals surface area contributed by atoms with E-state index in [1.54, 1.807) is 36.7 Å². The molecule has 2 aliphatic heterocycles. The van der Waals surface area contributed by atoms with E-state index in [9.17, 15) is 9.50 Å². The Labute approximate surface area is 162 Å². The van der Waals surface area contributed by atoms with Gasteiger partial charge >= 0.3 is 0 Å². The monoisotopic (exact) mass is 390 g/mol. The molecule has 4 rings (SSSR count). The first-order valence-corrected chi connectivity index (χ1v) is 9.70. The second-order valence-electron chi connectivity index (χ2n) is 6.60. The van der Waals surface area contributed by atoms with Crippen LogP contribution < -0.4 is 10.5 Å². The molecule has 6 nitrogen and oxygen atoms in total. The van der Waals surface area contributed by atoms with E-state index < -0.39 is 5.00 Å². The number of hydrogen-bond donors (Lipinski definition) is 2. The molecule has 1 aromatic heterocycles. The van der Waals surface area contributed by atoms with Crippen molar-refractivity contribution in [3.05, 3.63) is 42.4 Å². The van der Waals surface area contributed by atoms with E-state index >= 15 is 0 Å². The molecule has 0 aliphatic carbocycles. The summed E-state index contributed by atoms with van der Waals surface area (Å²) in [5.41, 5.74) is 7.21. The highest BCUT2D eigenvalue weighted by Crippen LogP contribution is 2.37. The first kappa shape index (κ1) is 19.6. The van der Waals surface area contributed by atoms with Crippen LogP contribution in [-0.2, 0) is 0 Å². The zero-order chi connectivity index (χ0) is 19.3. The summed E-state index contributed by atoms with van der Waals surface area (Å²) in [5, 5.41) is 8.12. The minimum absolute atomic E-state index is 0.0105. The van der Waals surface area contributed by atoms with E-state index in [0.29, 0.717) is 48.7 Å². The Bertz CT molecular complexity index is 799. The molecule has 27 heavy (non-hydrogen) atoms. The summed E-state index contributed by atoms with van der Waals surface area (Å²) in [6.07, 6.45) is 5.26. The average Bonchev–Trinajstić information content (AvgIpc) is 2.62. The molecule has 2 bridgehead atoms. The van der Waals surface area contributed by atoms with Gasteiger partial charge in [-0.3, -0.25) is 4.98 Å². The maximum Gasteiger partial charge on any atom is 0.241 e. The number of rotatable bonds is 2. The predicted molar refractivity (Wildman–Crippen MR) is 105 cm³/mol. The topological polar surface area (TPSA) is 93.6 Å². The van der Waals surface area contributed by atoms with Gasteiger partial charge in [0.25, 0.3) is 0 Å². The Morgan fingerprint density at radius 3 is 2.78 bits per heavy atom. The van der Waals surface area contributed by atoms with Gasteiger partial charge in [0.05, 0.1) is 5.69 Å². The van der Waals surface area contributed by atoms with Crippen molar-refractivity contribution in [2.24, 2.45) is 10.7 Å². The lowest BCUT2D eigenvalue weighted by molar-refractivity contribution is 0.258. The summed E-state index contributed by atoms with van der Waals surface area (Å²) in [4.78, 5) is 13.0. The van der Waals surface area contributed by atoms with Crippen LogP contribution in [0.5, 0.6) is 11.6 Å². The summed E-state index contributed by atoms with van der Waals surface area (Å²) in [5.74, 6) is 0.920. The van der Waals surface area contributed by atoms with E-state index in [1.165, 1.54) is 6.92 Å². The number of amidine groups is 1. The Balaban J connectivity index is 1.98. The van der Waals surface area contributed by atoms with Crippen LogP contribution in [0.25, 0.3) is 0 Å². The van der Waals surface area contributed by atoms with E-state index in [-0.39, 0.29) is 17.7 Å². The van der Waals surface area contributed by atoms with Gasteiger partial charge in [0.1, 0.15) is 11.4 Å². The molecule has 2 aliphatic rings. The van der Waals surface area contributed by atoms with Gasteiger partial charge in [0.15, 0.2) is 10.2 Å². The van der Waals surface area contributed by atoms with Crippen LogP contribution in [0.4, 0.5) is 10.1 Å². The summed E-state index contributed by atoms with van der Waals surface area (Å²) < 4.78 is 20.8. The quantitative estimate of drug-likeness (QED) is 0.795. The second-order valence-corrected chi connectivity index (χ2v) is 8.07. The molecule has 2 atom stereocenters. The molecule has 144 valence electrons. The van der Waals surface area contributed by atoms with Gasteiger partial charge in [0.2, 0.25) is 5.88 Å². The lowest BCUT2D eigenvalue weighted by Gasteiger charge is -2.21. The maximum absolute atomic E-state index is 14.9. The molecule has 2 unspecified atom stereocenters. The molecule has 0 amide bonds. The maximum atomic E-state index is 14.9. The van der Waals surface area contributed by atoms with Crippen molar-refractivity contribution in [2.75, 3.05) is 6.61 Å². The number of nitrogens with two attached hydrogens (primary N) is 1. The molecule has 0 fully saturated rings. The highest BCUT2D eigenvalue weighted by Gasteiger charge is 2.27. The number of thioether (sulfide) groups is 1. The molecule has 0 saturated carbocycles. The highest BCUT2D eigenvalue weighted by molar-refractivity contribution is 8.14. The average molecular weight is 390 g/mol. The van der Waals surface area contributed by atoms with Crippen molar-refractivity contribution < 1.29 is 14.2 Å². The van der Waals surface area contributed by atoms with Gasteiger partial charge in [-0.1, -0.05) is 0 Å². The van der Waals surface area contributed by atoms with Crippen molar-refractivity contribution in [3.63, 3.8) is 0 Å². The number of aliphatic hydroxyl groups is 1. The van der Waals surface area contributed by atoms with Gasteiger partial charge < -0.3 is 15.6 Å². The number of nitrogens with zero attached hydrogens (tertiary/aromatic N) is 3. The van der Waals surface area contributed by atoms with Crippen LogP contribution in [0.2, 0.25) is 0 Å². The van der Waals surface area contributed by atoms with Gasteiger partial charge in [-0.15, -0.1) is 0 Å². The molecule has 0 spiro atoms. The third kappa shape index (κ3) is 5.40. The SMILES string of the molecule is CC1(F)CCCC(CCO)c2nccnc2Oc2ccc(cc2)N=C(N)S1. The summed E-state index contributed by atoms with van der Waals surface area (Å²) in [6, 6.07) is 7.01. The Morgan fingerprint density at radius 1 is 1.30 bits per heavy atom. The van der Waals surface area contributed by atoms with Crippen LogP contribution in [0.1, 0.15) is 44.2 Å². The van der Waals surface area contributed by atoms with Crippen LogP contribution in [-0.4, -0.2) is 31.8 Å². The highest BCUT2D eigenvalue weighted by atomic mass is 32.2. The third-order valence-corrected chi connectivity index (χ3v) is 5.27. The molecular formula is C19H23FN4O2S. The van der Waals surface area contributed by atoms with Crippen LogP contribution in [0.3, 0.4) is 0 Å². The minimum atomic E-state index is -1.53. The van der Waals surface area contributed by atoms with Gasteiger partial charge in [-0.05, 0) is 68.6 Å². The number of ether oxygens (including phenoxy) is 1. The lowest BCUT2D eigenvalue weighted by atomic mass is 9.94. The van der Waals surface area contributed by atoms with E-state index in [0.717, 1.165) is 11.8 Å². The van der Waals surface area contributed by atoms with Gasteiger partial charge in [0, 0.05) is 24.9 Å². The van der Waals surface area contributed by atoms with E-state index in [1.807, 2.05) is 0 Å². The predicted octanol–water partition coefficient (Wildman–Crippen LogP) is 4.28. The number of aliphatic hydroxyl groups excluding tert-OH is 1. The smallest absolute Gasteiger partial charge is 0.241 e. The summed E-state index contributed by atoms with van der Waals surface area (Å²) in [7, 11) is 0. The normalized spacial score (nSPS) is 23.5. The number of aromatic nitrogens is 2. The van der Waals surface area contributed by atoms with Crippen molar-refractivity contribution in [1.82, 2.24) is 9.97 Å². The number of alkyl halides is 1. The zero-order valence-electron chi connectivity index (χ0n) is 15.1. The Hall–Kier alpha value is -2.19. The number of benzene rings is 1. The number of hydrogen-bond acceptors (Lipinski definition) is 7. The molecule has 2 aromatic rings. The van der Waals surface area contributed by atoms with E-state index in [2.05, 4.69) is 15.0 Å². The summed E-state index contributed by atoms with van der Waals surface area (Å²) >= 11 is 0.927. The Kier molecular flexibility index (Phi) is 6.28. The van der Waals surface area contributed by atoms with Crippen molar-refractivity contribution in [3.8, 4) is 11.6 Å². The number of fused-ring (bicyclic) bond motifs is 8. The first-order valence-electron chi connectivity index (χ1n) is 8.88. The molecule has 3 heterocycles. The van der Waals surface area contributed by atoms with Gasteiger partial charge in [-0.25, -0.2) is 14.4 Å². The molecular weight excluding hydrogens is 367 g/mol. The lowest BCUT2D eigenvalue weighted by Crippen LogP contribution is -2.20. The van der Waals surface area contributed by atoms with E-state index in [4.69, 9.17) is 10.5 Å². The van der Waals surface area contributed by atoms with Crippen LogP contribution in [0, 0.1) is 0 Å². The van der Waals surface area contributed by atoms with Gasteiger partial charge in [-0.2, -0.15) is 0 Å². The fourth-order valence-electron chi connectivity index (χ4n) is 3.05. The molecule has 8 heteroatoms. The third-order valence-electron chi connectivity index (χ3n) is 4.34. The summed E-state index contributed by atoms with van der Waals surface area (Å²) in [6.45, 7) is 1.52. The molecule has 0 saturated heterocycles. The number of halogens is 1. The minimum Gasteiger partial charge on any atom is -0.437 e. The van der Waals surface area contributed by atoms with Crippen molar-refractivity contribution >= 4 is 22.6 Å². The van der Waals surface area contributed by atoms with Crippen molar-refractivity contribution in [2.45, 2.75) is 43.5 Å². The van der Waals surface area contributed by atoms with Crippen molar-refractivity contribution in [1.29, 1.82) is 0 Å². The Morgan fingerprint density at radius 2 is 2.04 bits per heavy atom. The molecule has 1 aromatic carbocycles. The molecule has 0 radical (unpaired) electrons. The fraction of sp³-hybridized carbons (Fsp3) is 0.421. The van der Waals surface area contributed by atoms with Crippen LogP contribution >= 0.6 is 11.8 Å². The zero-order valence-corrected chi connectivity index (χ0v) is 16.0. The number of aliphatic imine (C=N–C) groups is 1. The first-order chi connectivity index (χ1) is 13.0. The molecule has 3 N–H and O–H groups in total. The fourth-order valence-corrected chi connectivity index (χ4v) is 3.89. The second kappa shape index (κ2) is 8.67. The largest absolute Gasteiger partial charge is 0.437 e. The van der Waals surface area contributed by atoms with Crippen LogP contribution in [0.15, 0.2) is 41.7 Å². The standard InChI is InChI=1S/C19H23FN4O2S/c1-19(20)9-2-3-13(8-12-25)16-17(23-11-10-22-16)26-15-6-4-14(5-7-15)24-18(21)27-19/h4-7,10-11,13,25H,2-3,8-9,12H2,1H3,(H2,21,24).